The summed E-state index contributed by atoms with van der Waals surface area (Å²) >= 11 is 0. The van der Waals surface area contributed by atoms with Crippen molar-refractivity contribution in [3.63, 3.8) is 0 Å². The molecule has 0 aromatic heterocycles. The van der Waals surface area contributed by atoms with E-state index in [-0.39, 0.29) is 5.92 Å². The molecule has 102 valence electrons. The van der Waals surface area contributed by atoms with Gasteiger partial charge in [0.15, 0.2) is 11.5 Å². The van der Waals surface area contributed by atoms with Crippen LogP contribution in [0.5, 0.6) is 11.5 Å². The lowest BCUT2D eigenvalue weighted by atomic mass is 9.85. The number of hydrogen-bond donors (Lipinski definition) is 1. The van der Waals surface area contributed by atoms with E-state index in [1.54, 1.807) is 0 Å². The maximum Gasteiger partial charge on any atom is 0.314 e. The van der Waals surface area contributed by atoms with Crippen LogP contribution in [0.15, 0.2) is 12.1 Å². The monoisotopic (exact) mass is 262 g/mol. The fourth-order valence-corrected chi connectivity index (χ4v) is 2.85. The third kappa shape index (κ3) is 1.78. The van der Waals surface area contributed by atoms with Crippen molar-refractivity contribution in [1.29, 1.82) is 0 Å². The highest BCUT2D eigenvalue weighted by molar-refractivity contribution is 5.86. The maximum absolute atomic E-state index is 11.6. The van der Waals surface area contributed by atoms with Gasteiger partial charge in [-0.2, -0.15) is 0 Å². The van der Waals surface area contributed by atoms with Crippen molar-refractivity contribution >= 4 is 5.97 Å². The smallest absolute Gasteiger partial charge is 0.314 e. The minimum absolute atomic E-state index is 0.212. The molecule has 1 aromatic rings. The van der Waals surface area contributed by atoms with Gasteiger partial charge in [-0.15, -0.1) is 0 Å². The van der Waals surface area contributed by atoms with Crippen molar-refractivity contribution < 1.29 is 19.4 Å². The molecule has 19 heavy (non-hydrogen) atoms. The van der Waals surface area contributed by atoms with Crippen LogP contribution < -0.4 is 9.47 Å². The molecule has 3 rings (SSSR count). The van der Waals surface area contributed by atoms with E-state index in [0.29, 0.717) is 26.1 Å². The molecule has 1 saturated carbocycles. The van der Waals surface area contributed by atoms with Gasteiger partial charge in [0, 0.05) is 5.56 Å². The Hall–Kier alpha value is -1.71. The second-order valence-electron chi connectivity index (χ2n) is 5.59. The molecule has 2 aliphatic rings. The first-order valence-corrected chi connectivity index (χ1v) is 6.72. The number of fused-ring (bicyclic) bond motifs is 1. The normalized spacial score (nSPS) is 19.3. The molecule has 0 unspecified atom stereocenters. The zero-order valence-electron chi connectivity index (χ0n) is 11.2. The van der Waals surface area contributed by atoms with Gasteiger partial charge in [-0.05, 0) is 30.4 Å². The van der Waals surface area contributed by atoms with Gasteiger partial charge in [0.2, 0.25) is 0 Å². The van der Waals surface area contributed by atoms with Crippen LogP contribution in [0.4, 0.5) is 0 Å². The Morgan fingerprint density at radius 2 is 1.95 bits per heavy atom. The van der Waals surface area contributed by atoms with Crippen LogP contribution >= 0.6 is 0 Å². The van der Waals surface area contributed by atoms with Gasteiger partial charge in [-0.1, -0.05) is 19.9 Å². The number of aliphatic carboxylic acids is 1. The predicted octanol–water partition coefficient (Wildman–Crippen LogP) is 2.70. The average molecular weight is 262 g/mol. The van der Waals surface area contributed by atoms with E-state index in [0.717, 1.165) is 22.6 Å². The summed E-state index contributed by atoms with van der Waals surface area (Å²) in [6.07, 6.45) is 1.42. The Bertz CT molecular complexity index is 529. The molecule has 4 heteroatoms. The minimum atomic E-state index is -0.730. The number of carboxylic acid groups (broad SMARTS) is 1. The summed E-state index contributed by atoms with van der Waals surface area (Å²) in [4.78, 5) is 11.6. The highest BCUT2D eigenvalue weighted by Crippen LogP contribution is 2.54. The highest BCUT2D eigenvalue weighted by atomic mass is 16.6. The lowest BCUT2D eigenvalue weighted by molar-refractivity contribution is -0.140. The van der Waals surface area contributed by atoms with E-state index in [4.69, 9.17) is 9.47 Å². The van der Waals surface area contributed by atoms with Gasteiger partial charge in [0.1, 0.15) is 13.2 Å². The zero-order valence-corrected chi connectivity index (χ0v) is 11.2. The Morgan fingerprint density at radius 1 is 1.26 bits per heavy atom. The molecular weight excluding hydrogens is 244 g/mol. The lowest BCUT2D eigenvalue weighted by Crippen LogP contribution is -2.24. The molecule has 1 aliphatic carbocycles. The quantitative estimate of drug-likeness (QED) is 0.910. The van der Waals surface area contributed by atoms with Crippen LogP contribution in [-0.4, -0.2) is 24.3 Å². The molecule has 1 fully saturated rings. The Labute approximate surface area is 112 Å². The average Bonchev–Trinajstić information content (AvgIpc) is 3.18. The summed E-state index contributed by atoms with van der Waals surface area (Å²) in [7, 11) is 0. The van der Waals surface area contributed by atoms with Crippen LogP contribution in [0.1, 0.15) is 43.7 Å². The van der Waals surface area contributed by atoms with Crippen molar-refractivity contribution in [3.8, 4) is 11.5 Å². The third-order valence-electron chi connectivity index (χ3n) is 4.00. The van der Waals surface area contributed by atoms with E-state index in [2.05, 4.69) is 13.8 Å². The van der Waals surface area contributed by atoms with Crippen LogP contribution in [0, 0.1) is 0 Å². The number of ether oxygens (including phenoxy) is 2. The van der Waals surface area contributed by atoms with Gasteiger partial charge < -0.3 is 14.6 Å². The fourth-order valence-electron chi connectivity index (χ4n) is 2.85. The van der Waals surface area contributed by atoms with Crippen molar-refractivity contribution in [2.45, 2.75) is 38.0 Å². The Morgan fingerprint density at radius 3 is 2.53 bits per heavy atom. The first kappa shape index (κ1) is 12.3. The molecule has 1 N–H and O–H groups in total. The van der Waals surface area contributed by atoms with Gasteiger partial charge >= 0.3 is 5.97 Å². The number of benzene rings is 1. The molecule has 1 aromatic carbocycles. The van der Waals surface area contributed by atoms with Crippen LogP contribution in [0.2, 0.25) is 0 Å². The molecular formula is C15H18O4. The Kier molecular flexibility index (Phi) is 2.69. The largest absolute Gasteiger partial charge is 0.486 e. The van der Waals surface area contributed by atoms with Gasteiger partial charge in [0.05, 0.1) is 5.41 Å². The number of carboxylic acids is 1. The number of hydrogen-bond acceptors (Lipinski definition) is 3. The molecule has 4 nitrogen and oxygen atoms in total. The molecule has 1 aliphatic heterocycles. The summed E-state index contributed by atoms with van der Waals surface area (Å²) in [6.45, 7) is 5.20. The second-order valence-corrected chi connectivity index (χ2v) is 5.59. The Balaban J connectivity index is 2.18. The van der Waals surface area contributed by atoms with Gasteiger partial charge in [-0.3, -0.25) is 4.79 Å². The molecule has 0 spiro atoms. The third-order valence-corrected chi connectivity index (χ3v) is 4.00. The fraction of sp³-hybridized carbons (Fsp3) is 0.533. The van der Waals surface area contributed by atoms with Crippen LogP contribution in [0.3, 0.4) is 0 Å². The van der Waals surface area contributed by atoms with E-state index in [1.165, 1.54) is 0 Å². The molecule has 0 amide bonds. The summed E-state index contributed by atoms with van der Waals surface area (Å²) in [5.74, 6) is 0.959. The first-order chi connectivity index (χ1) is 9.06. The zero-order chi connectivity index (χ0) is 13.6. The first-order valence-electron chi connectivity index (χ1n) is 6.72. The lowest BCUT2D eigenvalue weighted by Gasteiger charge is -2.26. The van der Waals surface area contributed by atoms with Gasteiger partial charge in [-0.25, -0.2) is 0 Å². The summed E-state index contributed by atoms with van der Waals surface area (Å²) in [5.41, 5.74) is 1.20. The molecule has 0 saturated heterocycles. The van der Waals surface area contributed by atoms with E-state index >= 15 is 0 Å². The number of carbonyl (C=O) groups is 1. The van der Waals surface area contributed by atoms with Crippen LogP contribution in [0.25, 0.3) is 0 Å². The maximum atomic E-state index is 11.6. The van der Waals surface area contributed by atoms with Crippen molar-refractivity contribution in [3.05, 3.63) is 23.3 Å². The highest BCUT2D eigenvalue weighted by Gasteiger charge is 2.53. The minimum Gasteiger partial charge on any atom is -0.486 e. The van der Waals surface area contributed by atoms with E-state index in [1.807, 2.05) is 12.1 Å². The predicted molar refractivity (Wildman–Crippen MR) is 70.1 cm³/mol. The van der Waals surface area contributed by atoms with Crippen molar-refractivity contribution in [2.75, 3.05) is 13.2 Å². The summed E-state index contributed by atoms with van der Waals surface area (Å²) < 4.78 is 11.3. The van der Waals surface area contributed by atoms with Crippen molar-refractivity contribution in [1.82, 2.24) is 0 Å². The molecule has 0 atom stereocenters. The van der Waals surface area contributed by atoms with E-state index < -0.39 is 11.4 Å². The molecule has 0 bridgehead atoms. The van der Waals surface area contributed by atoms with E-state index in [9.17, 15) is 9.90 Å². The molecule has 1 heterocycles. The summed E-state index contributed by atoms with van der Waals surface area (Å²) in [6, 6.07) is 3.75. The topological polar surface area (TPSA) is 55.8 Å². The van der Waals surface area contributed by atoms with Crippen LogP contribution in [-0.2, 0) is 10.2 Å². The van der Waals surface area contributed by atoms with Crippen molar-refractivity contribution in [2.24, 2.45) is 0 Å². The van der Waals surface area contributed by atoms with Gasteiger partial charge in [0.25, 0.3) is 0 Å². The summed E-state index contributed by atoms with van der Waals surface area (Å²) in [5, 5.41) is 9.50. The second kappa shape index (κ2) is 4.15. The standard InChI is InChI=1S/C15H18O4/c1-9(2)12-10(15(5-6-15)14(16)17)3-4-11-13(12)19-8-7-18-11/h3-4,9H,5-8H2,1-2H3,(H,16,17). The number of rotatable bonds is 3. The molecule has 0 radical (unpaired) electrons. The SMILES string of the molecule is CC(C)c1c(C2(C(=O)O)CC2)ccc2c1OCCO2.